The van der Waals surface area contributed by atoms with Crippen LogP contribution in [0, 0.1) is 24.1 Å². The van der Waals surface area contributed by atoms with Crippen LogP contribution in [0.3, 0.4) is 0 Å². The maximum absolute atomic E-state index is 14.6. The number of rotatable bonds is 5. The summed E-state index contributed by atoms with van der Waals surface area (Å²) >= 11 is 0. The molecule has 1 aliphatic rings. The molecule has 2 aromatic rings. The third-order valence-corrected chi connectivity index (χ3v) is 5.49. The number of aryl methyl sites for hydroxylation is 1. The van der Waals surface area contributed by atoms with Crippen LogP contribution in [0.5, 0.6) is 0 Å². The van der Waals surface area contributed by atoms with Crippen molar-refractivity contribution in [2.75, 3.05) is 6.67 Å². The molecule has 3 rings (SSSR count). The minimum absolute atomic E-state index is 0.0418. The summed E-state index contributed by atoms with van der Waals surface area (Å²) in [6.07, 6.45) is 1.13. The van der Waals surface area contributed by atoms with Gasteiger partial charge in [0.2, 0.25) is 0 Å². The molecule has 0 saturated carbocycles. The van der Waals surface area contributed by atoms with Gasteiger partial charge in [-0.2, -0.15) is 5.26 Å². The number of hydrogen-bond donors (Lipinski definition) is 1. The molecule has 1 aliphatic heterocycles. The SMILES string of the molecule is Cc1cc(C#N)cnc1C(=O)Cc1ccc(F)c([C@]2(C)CC[C@@](F)(CF)C(N)=N2)c1. The van der Waals surface area contributed by atoms with Crippen LogP contribution in [0.2, 0.25) is 0 Å². The van der Waals surface area contributed by atoms with Gasteiger partial charge in [-0.3, -0.25) is 14.8 Å². The van der Waals surface area contributed by atoms with Crippen LogP contribution in [0.1, 0.15) is 52.5 Å². The smallest absolute Gasteiger partial charge is 0.195 e. The van der Waals surface area contributed by atoms with Gasteiger partial charge < -0.3 is 5.73 Å². The monoisotopic (exact) mass is 414 g/mol. The van der Waals surface area contributed by atoms with Gasteiger partial charge in [0.05, 0.1) is 11.1 Å². The van der Waals surface area contributed by atoms with Crippen molar-refractivity contribution in [3.8, 4) is 6.07 Å². The highest BCUT2D eigenvalue weighted by molar-refractivity contribution is 5.97. The molecule has 0 saturated heterocycles. The molecule has 5 nitrogen and oxygen atoms in total. The number of nitrogens with two attached hydrogens (primary N) is 1. The Labute approximate surface area is 172 Å². The molecular formula is C22H21F3N4O. The van der Waals surface area contributed by atoms with E-state index in [9.17, 15) is 18.0 Å². The Bertz CT molecular complexity index is 1080. The first kappa shape index (κ1) is 21.5. The Kier molecular flexibility index (Phi) is 5.66. The molecule has 30 heavy (non-hydrogen) atoms. The first-order valence-electron chi connectivity index (χ1n) is 9.41. The molecule has 1 aromatic carbocycles. The van der Waals surface area contributed by atoms with E-state index < -0.39 is 29.5 Å². The van der Waals surface area contributed by atoms with E-state index >= 15 is 0 Å². The second-order valence-corrected chi connectivity index (χ2v) is 7.79. The largest absolute Gasteiger partial charge is 0.385 e. The summed E-state index contributed by atoms with van der Waals surface area (Å²) in [5.74, 6) is -1.34. The molecule has 0 unspecified atom stereocenters. The van der Waals surface area contributed by atoms with Crippen LogP contribution < -0.4 is 5.73 Å². The highest BCUT2D eigenvalue weighted by Gasteiger charge is 2.44. The van der Waals surface area contributed by atoms with Crippen molar-refractivity contribution in [2.45, 2.75) is 44.3 Å². The standard InChI is InChI=1S/C22H21F3N4O/c1-13-7-15(10-26)11-28-19(13)18(30)9-14-3-4-17(24)16(8-14)21(2)5-6-22(25,12-23)20(27)29-21/h3-4,7-8,11H,5-6,9,12H2,1-2H3,(H2,27,29)/t21-,22+/m0/s1. The number of carbonyl (C=O) groups excluding carboxylic acids is 1. The van der Waals surface area contributed by atoms with Gasteiger partial charge in [0.25, 0.3) is 0 Å². The van der Waals surface area contributed by atoms with E-state index in [-0.39, 0.29) is 36.3 Å². The second-order valence-electron chi connectivity index (χ2n) is 7.79. The van der Waals surface area contributed by atoms with Crippen molar-refractivity contribution in [2.24, 2.45) is 10.7 Å². The number of carbonyl (C=O) groups is 1. The molecule has 8 heteroatoms. The normalized spacial score (nSPS) is 23.5. The zero-order valence-electron chi connectivity index (χ0n) is 16.7. The Morgan fingerprint density at radius 3 is 2.67 bits per heavy atom. The summed E-state index contributed by atoms with van der Waals surface area (Å²) in [7, 11) is 0. The maximum Gasteiger partial charge on any atom is 0.195 e. The fraction of sp³-hybridized carbons (Fsp3) is 0.364. The predicted molar refractivity (Wildman–Crippen MR) is 106 cm³/mol. The van der Waals surface area contributed by atoms with Crippen LogP contribution in [0.4, 0.5) is 13.2 Å². The summed E-state index contributed by atoms with van der Waals surface area (Å²) in [6, 6.07) is 7.75. The summed E-state index contributed by atoms with van der Waals surface area (Å²) in [6.45, 7) is 2.01. The molecule has 0 radical (unpaired) electrons. The van der Waals surface area contributed by atoms with Gasteiger partial charge in [0, 0.05) is 18.2 Å². The molecule has 2 heterocycles. The van der Waals surface area contributed by atoms with E-state index in [0.717, 1.165) is 0 Å². The fourth-order valence-electron chi connectivity index (χ4n) is 3.61. The maximum atomic E-state index is 14.6. The van der Waals surface area contributed by atoms with Crippen molar-refractivity contribution < 1.29 is 18.0 Å². The Morgan fingerprint density at radius 2 is 2.07 bits per heavy atom. The minimum atomic E-state index is -2.33. The van der Waals surface area contributed by atoms with Gasteiger partial charge in [-0.15, -0.1) is 0 Å². The lowest BCUT2D eigenvalue weighted by Gasteiger charge is -2.36. The molecule has 156 valence electrons. The zero-order chi connectivity index (χ0) is 22.1. The second kappa shape index (κ2) is 7.90. The third-order valence-electron chi connectivity index (χ3n) is 5.49. The number of aliphatic imine (C=N–C) groups is 1. The molecule has 0 fully saturated rings. The van der Waals surface area contributed by atoms with E-state index in [1.165, 1.54) is 24.4 Å². The van der Waals surface area contributed by atoms with Gasteiger partial charge in [-0.05, 0) is 56.0 Å². The molecule has 1 aromatic heterocycles. The van der Waals surface area contributed by atoms with E-state index in [4.69, 9.17) is 11.0 Å². The number of nitriles is 1. The molecule has 0 aliphatic carbocycles. The van der Waals surface area contributed by atoms with E-state index in [2.05, 4.69) is 9.98 Å². The minimum Gasteiger partial charge on any atom is -0.385 e. The van der Waals surface area contributed by atoms with Crippen molar-refractivity contribution in [3.63, 3.8) is 0 Å². The predicted octanol–water partition coefficient (Wildman–Crippen LogP) is 3.87. The number of nitrogens with zero attached hydrogens (tertiary/aromatic N) is 3. The first-order valence-corrected chi connectivity index (χ1v) is 9.41. The lowest BCUT2D eigenvalue weighted by Crippen LogP contribution is -2.48. The van der Waals surface area contributed by atoms with Gasteiger partial charge in [-0.25, -0.2) is 13.2 Å². The van der Waals surface area contributed by atoms with Crippen molar-refractivity contribution >= 4 is 11.6 Å². The third kappa shape index (κ3) is 3.92. The van der Waals surface area contributed by atoms with E-state index in [0.29, 0.717) is 16.7 Å². The van der Waals surface area contributed by atoms with Crippen molar-refractivity contribution in [3.05, 3.63) is 64.2 Å². The molecule has 0 spiro atoms. The van der Waals surface area contributed by atoms with Crippen LogP contribution >= 0.6 is 0 Å². The van der Waals surface area contributed by atoms with E-state index in [1.54, 1.807) is 19.9 Å². The lowest BCUT2D eigenvalue weighted by atomic mass is 9.80. The molecular weight excluding hydrogens is 393 g/mol. The number of Topliss-reactive ketones (excluding diaryl/α,β-unsaturated/α-hetero) is 1. The van der Waals surface area contributed by atoms with E-state index in [1.807, 2.05) is 6.07 Å². The quantitative estimate of drug-likeness (QED) is 0.752. The lowest BCUT2D eigenvalue weighted by molar-refractivity contribution is 0.0987. The van der Waals surface area contributed by atoms with Crippen LogP contribution in [-0.2, 0) is 12.0 Å². The molecule has 2 atom stereocenters. The highest BCUT2D eigenvalue weighted by Crippen LogP contribution is 2.40. The van der Waals surface area contributed by atoms with Crippen molar-refractivity contribution in [1.29, 1.82) is 5.26 Å². The number of aromatic nitrogens is 1. The average Bonchev–Trinajstić information content (AvgIpc) is 2.72. The fourth-order valence-corrected chi connectivity index (χ4v) is 3.61. The number of ketones is 1. The van der Waals surface area contributed by atoms with Crippen LogP contribution in [0.15, 0.2) is 35.5 Å². The van der Waals surface area contributed by atoms with Gasteiger partial charge in [-0.1, -0.05) is 6.07 Å². The van der Waals surface area contributed by atoms with Gasteiger partial charge in [0.1, 0.15) is 30.1 Å². The Hall–Kier alpha value is -3.21. The van der Waals surface area contributed by atoms with Crippen LogP contribution in [-0.4, -0.2) is 28.9 Å². The van der Waals surface area contributed by atoms with Gasteiger partial charge >= 0.3 is 0 Å². The molecule has 0 bridgehead atoms. The highest BCUT2D eigenvalue weighted by atomic mass is 19.2. The summed E-state index contributed by atoms with van der Waals surface area (Å²) < 4.78 is 42.0. The van der Waals surface area contributed by atoms with Gasteiger partial charge in [0.15, 0.2) is 11.5 Å². The van der Waals surface area contributed by atoms with Crippen LogP contribution in [0.25, 0.3) is 0 Å². The topological polar surface area (TPSA) is 92.1 Å². The summed E-state index contributed by atoms with van der Waals surface area (Å²) in [4.78, 5) is 20.8. The number of alkyl halides is 2. The molecule has 0 amide bonds. The average molecular weight is 414 g/mol. The first-order chi connectivity index (χ1) is 14.1. The number of halogens is 3. The number of hydrogen-bond acceptors (Lipinski definition) is 5. The number of benzene rings is 1. The van der Waals surface area contributed by atoms with Crippen molar-refractivity contribution in [1.82, 2.24) is 4.98 Å². The Morgan fingerprint density at radius 1 is 1.33 bits per heavy atom. The summed E-state index contributed by atoms with van der Waals surface area (Å²) in [5, 5.41) is 8.92. The number of amidine groups is 1. The zero-order valence-corrected chi connectivity index (χ0v) is 16.7. The Balaban J connectivity index is 1.91. The molecule has 2 N–H and O–H groups in total. The summed E-state index contributed by atoms with van der Waals surface area (Å²) in [5.41, 5.74) is 4.01. The number of pyridine rings is 1.